The summed E-state index contributed by atoms with van der Waals surface area (Å²) >= 11 is 0. The Kier molecular flexibility index (Phi) is 5.11. The minimum absolute atomic E-state index is 0.173. The molecule has 2 atom stereocenters. The van der Waals surface area contributed by atoms with Crippen LogP contribution in [0.25, 0.3) is 0 Å². The van der Waals surface area contributed by atoms with Crippen LogP contribution in [0.15, 0.2) is 0 Å². The van der Waals surface area contributed by atoms with Crippen LogP contribution < -0.4 is 0 Å². The highest BCUT2D eigenvalue weighted by Crippen LogP contribution is 2.22. The molecule has 2 heterocycles. The largest absolute Gasteiger partial charge is 0.444 e. The van der Waals surface area contributed by atoms with E-state index in [9.17, 15) is 9.90 Å². The lowest BCUT2D eigenvalue weighted by Crippen LogP contribution is -2.57. The summed E-state index contributed by atoms with van der Waals surface area (Å²) in [6, 6.07) is 0.510. The minimum Gasteiger partial charge on any atom is -0.444 e. The SMILES string of the molecule is CN1CCN([C@@H]2CCN(C(=O)OC(C)(C)C)C2)[C@H](CO)C1. The second-order valence-corrected chi connectivity index (χ2v) is 7.21. The Morgan fingerprint density at radius 2 is 1.95 bits per heavy atom. The van der Waals surface area contributed by atoms with E-state index in [1.807, 2.05) is 20.8 Å². The molecular weight excluding hydrogens is 270 g/mol. The molecule has 0 radical (unpaired) electrons. The van der Waals surface area contributed by atoms with Gasteiger partial charge in [0.2, 0.25) is 0 Å². The number of piperazine rings is 1. The standard InChI is InChI=1S/C15H29N3O3/c1-15(2,3)21-14(20)17-6-5-12(10-17)18-8-7-16(4)9-13(18)11-19/h12-13,19H,5-11H2,1-4H3/t12-,13+/m1/s1. The number of aliphatic hydroxyl groups excluding tert-OH is 1. The molecule has 1 amide bonds. The maximum absolute atomic E-state index is 12.1. The van der Waals surface area contributed by atoms with Gasteiger partial charge in [0.15, 0.2) is 0 Å². The van der Waals surface area contributed by atoms with Crippen molar-refractivity contribution in [3.05, 3.63) is 0 Å². The maximum atomic E-state index is 12.1. The fourth-order valence-corrected chi connectivity index (χ4v) is 3.17. The van der Waals surface area contributed by atoms with Crippen LogP contribution in [-0.2, 0) is 4.74 Å². The molecule has 0 aliphatic carbocycles. The van der Waals surface area contributed by atoms with Crippen LogP contribution in [-0.4, -0.2) is 90.0 Å². The number of nitrogens with zero attached hydrogens (tertiary/aromatic N) is 3. The zero-order valence-electron chi connectivity index (χ0n) is 13.7. The second-order valence-electron chi connectivity index (χ2n) is 7.21. The zero-order valence-corrected chi connectivity index (χ0v) is 13.7. The van der Waals surface area contributed by atoms with Gasteiger partial charge in [0, 0.05) is 44.8 Å². The summed E-state index contributed by atoms with van der Waals surface area (Å²) in [6.45, 7) is 10.1. The predicted octanol–water partition coefficient (Wildman–Crippen LogP) is 0.604. The van der Waals surface area contributed by atoms with Gasteiger partial charge < -0.3 is 19.6 Å². The normalized spacial score (nSPS) is 28.9. The molecule has 2 aliphatic rings. The number of carbonyl (C=O) groups is 1. The summed E-state index contributed by atoms with van der Waals surface area (Å²) in [4.78, 5) is 18.5. The van der Waals surface area contributed by atoms with Crippen molar-refractivity contribution in [2.45, 2.75) is 44.9 Å². The summed E-state index contributed by atoms with van der Waals surface area (Å²) in [5, 5.41) is 9.59. The molecular formula is C15H29N3O3. The van der Waals surface area contributed by atoms with E-state index in [0.29, 0.717) is 12.6 Å². The summed E-state index contributed by atoms with van der Waals surface area (Å²) in [5.74, 6) is 0. The van der Waals surface area contributed by atoms with E-state index in [0.717, 1.165) is 32.6 Å². The van der Waals surface area contributed by atoms with Gasteiger partial charge in [0.1, 0.15) is 5.60 Å². The van der Waals surface area contributed by atoms with Gasteiger partial charge in [-0.25, -0.2) is 4.79 Å². The zero-order chi connectivity index (χ0) is 15.6. The maximum Gasteiger partial charge on any atom is 0.410 e. The first-order valence-corrected chi connectivity index (χ1v) is 7.83. The van der Waals surface area contributed by atoms with Crippen molar-refractivity contribution in [1.29, 1.82) is 0 Å². The topological polar surface area (TPSA) is 56.2 Å². The van der Waals surface area contributed by atoms with E-state index < -0.39 is 5.60 Å². The molecule has 122 valence electrons. The third kappa shape index (κ3) is 4.31. The fraction of sp³-hybridized carbons (Fsp3) is 0.933. The molecule has 0 aromatic carbocycles. The number of rotatable bonds is 2. The lowest BCUT2D eigenvalue weighted by atomic mass is 10.1. The minimum atomic E-state index is -0.448. The number of hydrogen-bond donors (Lipinski definition) is 1. The predicted molar refractivity (Wildman–Crippen MR) is 81.3 cm³/mol. The number of hydrogen-bond acceptors (Lipinski definition) is 5. The summed E-state index contributed by atoms with van der Waals surface area (Å²) in [5.41, 5.74) is -0.448. The molecule has 1 N–H and O–H groups in total. The highest BCUT2D eigenvalue weighted by atomic mass is 16.6. The van der Waals surface area contributed by atoms with Crippen molar-refractivity contribution in [2.75, 3.05) is 46.4 Å². The molecule has 0 spiro atoms. The summed E-state index contributed by atoms with van der Waals surface area (Å²) in [7, 11) is 2.08. The van der Waals surface area contributed by atoms with Gasteiger partial charge in [0.25, 0.3) is 0 Å². The average molecular weight is 299 g/mol. The quantitative estimate of drug-likeness (QED) is 0.809. The van der Waals surface area contributed by atoms with Crippen molar-refractivity contribution < 1.29 is 14.6 Å². The fourth-order valence-electron chi connectivity index (χ4n) is 3.17. The number of aliphatic hydroxyl groups is 1. The smallest absolute Gasteiger partial charge is 0.410 e. The molecule has 0 aromatic heterocycles. The third-order valence-corrected chi connectivity index (χ3v) is 4.23. The first-order chi connectivity index (χ1) is 9.80. The lowest BCUT2D eigenvalue weighted by Gasteiger charge is -2.42. The molecule has 21 heavy (non-hydrogen) atoms. The number of likely N-dealkylation sites (tertiary alicyclic amines) is 1. The van der Waals surface area contributed by atoms with Gasteiger partial charge in [-0.05, 0) is 34.2 Å². The first-order valence-electron chi connectivity index (χ1n) is 7.83. The van der Waals surface area contributed by atoms with Gasteiger partial charge in [-0.2, -0.15) is 0 Å². The Morgan fingerprint density at radius 1 is 1.24 bits per heavy atom. The number of ether oxygens (including phenoxy) is 1. The van der Waals surface area contributed by atoms with Crippen molar-refractivity contribution in [2.24, 2.45) is 0 Å². The van der Waals surface area contributed by atoms with Crippen LogP contribution in [0.1, 0.15) is 27.2 Å². The monoisotopic (exact) mass is 299 g/mol. The van der Waals surface area contributed by atoms with Crippen molar-refractivity contribution >= 4 is 6.09 Å². The Hall–Kier alpha value is -0.850. The van der Waals surface area contributed by atoms with Crippen LogP contribution >= 0.6 is 0 Å². The van der Waals surface area contributed by atoms with E-state index in [2.05, 4.69) is 16.8 Å². The van der Waals surface area contributed by atoms with Gasteiger partial charge in [-0.1, -0.05) is 0 Å². The van der Waals surface area contributed by atoms with Crippen LogP contribution in [0.5, 0.6) is 0 Å². The Bertz CT molecular complexity index is 370. The molecule has 0 aromatic rings. The molecule has 0 bridgehead atoms. The Balaban J connectivity index is 1.91. The highest BCUT2D eigenvalue weighted by molar-refractivity contribution is 5.68. The van der Waals surface area contributed by atoms with E-state index in [-0.39, 0.29) is 18.7 Å². The van der Waals surface area contributed by atoms with Gasteiger partial charge >= 0.3 is 6.09 Å². The van der Waals surface area contributed by atoms with Crippen LogP contribution in [0, 0.1) is 0 Å². The van der Waals surface area contributed by atoms with E-state index in [4.69, 9.17) is 4.74 Å². The molecule has 0 saturated carbocycles. The molecule has 6 heteroatoms. The number of carbonyl (C=O) groups excluding carboxylic acids is 1. The molecule has 2 rings (SSSR count). The molecule has 2 aliphatic heterocycles. The van der Waals surface area contributed by atoms with Crippen LogP contribution in [0.2, 0.25) is 0 Å². The van der Waals surface area contributed by atoms with Crippen molar-refractivity contribution in [3.8, 4) is 0 Å². The molecule has 0 unspecified atom stereocenters. The average Bonchev–Trinajstić information content (AvgIpc) is 2.86. The Morgan fingerprint density at radius 3 is 2.57 bits per heavy atom. The van der Waals surface area contributed by atoms with E-state index in [1.54, 1.807) is 4.90 Å². The van der Waals surface area contributed by atoms with Crippen molar-refractivity contribution in [3.63, 3.8) is 0 Å². The number of amides is 1. The van der Waals surface area contributed by atoms with E-state index >= 15 is 0 Å². The lowest BCUT2D eigenvalue weighted by molar-refractivity contribution is 0.0145. The molecule has 6 nitrogen and oxygen atoms in total. The Labute approximate surface area is 127 Å². The first kappa shape index (κ1) is 16.5. The molecule has 2 fully saturated rings. The molecule has 2 saturated heterocycles. The van der Waals surface area contributed by atoms with Crippen LogP contribution in [0.4, 0.5) is 4.79 Å². The van der Waals surface area contributed by atoms with Crippen LogP contribution in [0.3, 0.4) is 0 Å². The van der Waals surface area contributed by atoms with Crippen molar-refractivity contribution in [1.82, 2.24) is 14.7 Å². The van der Waals surface area contributed by atoms with Gasteiger partial charge in [0.05, 0.1) is 6.61 Å². The number of likely N-dealkylation sites (N-methyl/N-ethyl adjacent to an activating group) is 1. The van der Waals surface area contributed by atoms with Gasteiger partial charge in [-0.3, -0.25) is 4.90 Å². The van der Waals surface area contributed by atoms with E-state index in [1.165, 1.54) is 0 Å². The highest BCUT2D eigenvalue weighted by Gasteiger charge is 2.37. The van der Waals surface area contributed by atoms with Gasteiger partial charge in [-0.15, -0.1) is 0 Å². The third-order valence-electron chi connectivity index (χ3n) is 4.23. The summed E-state index contributed by atoms with van der Waals surface area (Å²) < 4.78 is 5.44. The second kappa shape index (κ2) is 6.50. The summed E-state index contributed by atoms with van der Waals surface area (Å²) in [6.07, 6.45) is 0.735.